The highest BCUT2D eigenvalue weighted by atomic mass is 16.5. The summed E-state index contributed by atoms with van der Waals surface area (Å²) in [5.74, 6) is 2.31. The zero-order valence-electron chi connectivity index (χ0n) is 12.4. The molecule has 3 aromatic rings. The molecule has 1 aromatic heterocycles. The molecule has 0 radical (unpaired) electrons. The Kier molecular flexibility index (Phi) is 3.87. The molecule has 3 rings (SSSR count). The van der Waals surface area contributed by atoms with Gasteiger partial charge in [0, 0.05) is 11.6 Å². The van der Waals surface area contributed by atoms with Gasteiger partial charge in [-0.3, -0.25) is 4.98 Å². The van der Waals surface area contributed by atoms with Gasteiger partial charge in [0.2, 0.25) is 0 Å². The number of hydrogen-bond donors (Lipinski definition) is 0. The van der Waals surface area contributed by atoms with Gasteiger partial charge in [-0.25, -0.2) is 0 Å². The number of pyridine rings is 1. The van der Waals surface area contributed by atoms with Crippen molar-refractivity contribution in [3.63, 3.8) is 0 Å². The lowest BCUT2D eigenvalue weighted by molar-refractivity contribution is 0.486. The average Bonchev–Trinajstić information content (AvgIpc) is 2.49. The molecule has 0 aliphatic heterocycles. The second-order valence-corrected chi connectivity index (χ2v) is 5.68. The van der Waals surface area contributed by atoms with Crippen LogP contribution < -0.4 is 4.74 Å². The Morgan fingerprint density at radius 3 is 2.48 bits per heavy atom. The van der Waals surface area contributed by atoms with Crippen molar-refractivity contribution in [1.82, 2.24) is 4.98 Å². The van der Waals surface area contributed by atoms with Gasteiger partial charge >= 0.3 is 0 Å². The number of nitrogens with zero attached hydrogens (tertiary/aromatic N) is 1. The van der Waals surface area contributed by atoms with Crippen LogP contribution in [0, 0.1) is 5.92 Å². The summed E-state index contributed by atoms with van der Waals surface area (Å²) in [6.45, 7) is 4.46. The summed E-state index contributed by atoms with van der Waals surface area (Å²) in [5.41, 5.74) is 2.24. The minimum atomic E-state index is 0.666. The van der Waals surface area contributed by atoms with Crippen LogP contribution in [0.5, 0.6) is 11.5 Å². The monoisotopic (exact) mass is 277 g/mol. The zero-order chi connectivity index (χ0) is 14.7. The number of para-hydroxylation sites is 1. The quantitative estimate of drug-likeness (QED) is 0.651. The summed E-state index contributed by atoms with van der Waals surface area (Å²) in [5, 5.41) is 1.09. The number of fused-ring (bicyclic) bond motifs is 1. The number of benzene rings is 2. The molecule has 0 spiro atoms. The van der Waals surface area contributed by atoms with Crippen LogP contribution in [0.3, 0.4) is 0 Å². The number of hydrogen-bond acceptors (Lipinski definition) is 2. The van der Waals surface area contributed by atoms with Crippen LogP contribution in [-0.4, -0.2) is 4.98 Å². The van der Waals surface area contributed by atoms with Gasteiger partial charge in [-0.1, -0.05) is 44.2 Å². The third-order valence-corrected chi connectivity index (χ3v) is 3.39. The van der Waals surface area contributed by atoms with Crippen molar-refractivity contribution >= 4 is 10.9 Å². The molecule has 0 saturated carbocycles. The molecule has 0 atom stereocenters. The van der Waals surface area contributed by atoms with Gasteiger partial charge in [0.1, 0.15) is 11.3 Å². The van der Waals surface area contributed by atoms with Gasteiger partial charge in [0.15, 0.2) is 5.75 Å². The maximum absolute atomic E-state index is 5.99. The molecule has 2 heteroatoms. The molecule has 0 N–H and O–H groups in total. The van der Waals surface area contributed by atoms with E-state index in [1.54, 1.807) is 6.20 Å². The Hall–Kier alpha value is -2.35. The van der Waals surface area contributed by atoms with E-state index in [-0.39, 0.29) is 0 Å². The second kappa shape index (κ2) is 5.96. The SMILES string of the molecule is CC(C)Cc1ccc(Oc2cccc3cccnc23)cc1. The molecule has 0 bridgehead atoms. The first-order valence-electron chi connectivity index (χ1n) is 7.33. The fourth-order valence-corrected chi connectivity index (χ4v) is 2.45. The fraction of sp³-hybridized carbons (Fsp3) is 0.211. The predicted octanol–water partition coefficient (Wildman–Crippen LogP) is 5.23. The van der Waals surface area contributed by atoms with E-state index in [1.807, 2.05) is 42.5 Å². The third kappa shape index (κ3) is 3.22. The molecule has 2 aromatic carbocycles. The van der Waals surface area contributed by atoms with Crippen LogP contribution in [0.1, 0.15) is 19.4 Å². The first kappa shape index (κ1) is 13.6. The van der Waals surface area contributed by atoms with E-state index < -0.39 is 0 Å². The third-order valence-electron chi connectivity index (χ3n) is 3.39. The average molecular weight is 277 g/mol. The van der Waals surface area contributed by atoms with E-state index in [2.05, 4.69) is 31.0 Å². The van der Waals surface area contributed by atoms with Crippen LogP contribution in [0.25, 0.3) is 10.9 Å². The first-order valence-corrected chi connectivity index (χ1v) is 7.33. The minimum Gasteiger partial charge on any atom is -0.455 e. The van der Waals surface area contributed by atoms with Gasteiger partial charge in [-0.05, 0) is 42.2 Å². The summed E-state index contributed by atoms with van der Waals surface area (Å²) in [6.07, 6.45) is 2.89. The van der Waals surface area contributed by atoms with E-state index in [0.29, 0.717) is 5.92 Å². The van der Waals surface area contributed by atoms with Gasteiger partial charge in [-0.15, -0.1) is 0 Å². The highest BCUT2D eigenvalue weighted by molar-refractivity contribution is 5.84. The lowest BCUT2D eigenvalue weighted by atomic mass is 10.0. The first-order chi connectivity index (χ1) is 10.2. The van der Waals surface area contributed by atoms with E-state index in [0.717, 1.165) is 28.8 Å². The lowest BCUT2D eigenvalue weighted by Gasteiger charge is -2.09. The number of aromatic nitrogens is 1. The predicted molar refractivity (Wildman–Crippen MR) is 86.8 cm³/mol. The molecule has 106 valence electrons. The lowest BCUT2D eigenvalue weighted by Crippen LogP contribution is -1.94. The molecule has 0 aliphatic carbocycles. The zero-order valence-corrected chi connectivity index (χ0v) is 12.4. The number of rotatable bonds is 4. The maximum atomic E-state index is 5.99. The van der Waals surface area contributed by atoms with Crippen molar-refractivity contribution in [2.24, 2.45) is 5.92 Å². The van der Waals surface area contributed by atoms with E-state index in [9.17, 15) is 0 Å². The standard InChI is InChI=1S/C19H19NO/c1-14(2)13-15-8-10-17(11-9-15)21-18-7-3-5-16-6-4-12-20-19(16)18/h3-12,14H,13H2,1-2H3. The summed E-state index contributed by atoms with van der Waals surface area (Å²) >= 11 is 0. The molecule has 21 heavy (non-hydrogen) atoms. The Morgan fingerprint density at radius 2 is 1.71 bits per heavy atom. The molecule has 0 aliphatic rings. The Bertz CT molecular complexity index is 727. The van der Waals surface area contributed by atoms with Crippen molar-refractivity contribution in [3.05, 3.63) is 66.4 Å². The van der Waals surface area contributed by atoms with Crippen LogP contribution in [0.4, 0.5) is 0 Å². The van der Waals surface area contributed by atoms with Gasteiger partial charge in [-0.2, -0.15) is 0 Å². The van der Waals surface area contributed by atoms with Crippen molar-refractivity contribution < 1.29 is 4.74 Å². The van der Waals surface area contributed by atoms with Crippen LogP contribution in [0.15, 0.2) is 60.8 Å². The van der Waals surface area contributed by atoms with Crippen molar-refractivity contribution in [2.75, 3.05) is 0 Å². The molecular weight excluding hydrogens is 258 g/mol. The molecule has 0 unspecified atom stereocenters. The smallest absolute Gasteiger partial charge is 0.153 e. The topological polar surface area (TPSA) is 22.1 Å². The molecule has 0 amide bonds. The molecular formula is C19H19NO. The molecule has 1 heterocycles. The van der Waals surface area contributed by atoms with E-state index >= 15 is 0 Å². The molecule has 2 nitrogen and oxygen atoms in total. The molecule has 0 fully saturated rings. The largest absolute Gasteiger partial charge is 0.455 e. The normalized spacial score (nSPS) is 11.0. The second-order valence-electron chi connectivity index (χ2n) is 5.68. The fourth-order valence-electron chi connectivity index (χ4n) is 2.45. The van der Waals surface area contributed by atoms with Crippen LogP contribution in [-0.2, 0) is 6.42 Å². The van der Waals surface area contributed by atoms with Gasteiger partial charge in [0.25, 0.3) is 0 Å². The van der Waals surface area contributed by atoms with E-state index in [1.165, 1.54) is 5.56 Å². The van der Waals surface area contributed by atoms with E-state index in [4.69, 9.17) is 4.74 Å². The summed E-state index contributed by atoms with van der Waals surface area (Å²) in [7, 11) is 0. The van der Waals surface area contributed by atoms with Gasteiger partial charge < -0.3 is 4.74 Å². The summed E-state index contributed by atoms with van der Waals surface area (Å²) in [4.78, 5) is 4.41. The Morgan fingerprint density at radius 1 is 0.952 bits per heavy atom. The van der Waals surface area contributed by atoms with Crippen LogP contribution in [0.2, 0.25) is 0 Å². The molecule has 0 saturated heterocycles. The van der Waals surface area contributed by atoms with Crippen LogP contribution >= 0.6 is 0 Å². The van der Waals surface area contributed by atoms with Crippen molar-refractivity contribution in [2.45, 2.75) is 20.3 Å². The minimum absolute atomic E-state index is 0.666. The van der Waals surface area contributed by atoms with Gasteiger partial charge in [0.05, 0.1) is 0 Å². The van der Waals surface area contributed by atoms with Crippen molar-refractivity contribution in [1.29, 1.82) is 0 Å². The summed E-state index contributed by atoms with van der Waals surface area (Å²) in [6, 6.07) is 18.3. The highest BCUT2D eigenvalue weighted by Gasteiger charge is 2.04. The summed E-state index contributed by atoms with van der Waals surface area (Å²) < 4.78 is 5.99. The van der Waals surface area contributed by atoms with Crippen molar-refractivity contribution in [3.8, 4) is 11.5 Å². The maximum Gasteiger partial charge on any atom is 0.153 e. The number of ether oxygens (including phenoxy) is 1. The highest BCUT2D eigenvalue weighted by Crippen LogP contribution is 2.28. The Balaban J connectivity index is 1.85. The Labute approximate surface area is 125 Å².